The molecule has 0 saturated carbocycles. The summed E-state index contributed by atoms with van der Waals surface area (Å²) >= 11 is 0. The number of nitrogens with one attached hydrogen (secondary N) is 1. The number of nitrogen functional groups attached to an aromatic ring is 1. The lowest BCUT2D eigenvalue weighted by molar-refractivity contribution is 0.0689. The predicted molar refractivity (Wildman–Crippen MR) is 78.2 cm³/mol. The topological polar surface area (TPSA) is 96.3 Å². The van der Waals surface area contributed by atoms with Gasteiger partial charge in [0.05, 0.1) is 11.5 Å². The van der Waals surface area contributed by atoms with E-state index in [0.29, 0.717) is 24.3 Å². The molecule has 7 heteroatoms. The number of H-pyrrole nitrogens is 1. The average molecular weight is 299 g/mol. The molecule has 0 spiro atoms. The fraction of sp³-hybridized carbons (Fsp3) is 0.615. The van der Waals surface area contributed by atoms with Crippen molar-refractivity contribution in [1.82, 2.24) is 9.88 Å². The molecular weight excluding hydrogens is 278 g/mol. The number of nitrogens with two attached hydrogens (primary N) is 1. The summed E-state index contributed by atoms with van der Waals surface area (Å²) in [5, 5.41) is 0. The number of hydrogen-bond donors (Lipinski definition) is 2. The summed E-state index contributed by atoms with van der Waals surface area (Å²) in [6.07, 6.45) is 3.90. The monoisotopic (exact) mass is 299 g/mol. The molecule has 1 aliphatic rings. The van der Waals surface area contributed by atoms with Gasteiger partial charge in [-0.2, -0.15) is 0 Å². The molecular formula is C13H21N3O3S. The third-order valence-corrected chi connectivity index (χ3v) is 5.35. The Morgan fingerprint density at radius 2 is 2.30 bits per heavy atom. The maximum atomic E-state index is 12.5. The van der Waals surface area contributed by atoms with Crippen LogP contribution in [0.15, 0.2) is 12.3 Å². The number of carbonyl (C=O) groups is 1. The highest BCUT2D eigenvalue weighted by molar-refractivity contribution is 7.91. The molecule has 2 heterocycles. The van der Waals surface area contributed by atoms with Crippen molar-refractivity contribution >= 4 is 21.4 Å². The van der Waals surface area contributed by atoms with Crippen LogP contribution in [-0.4, -0.2) is 48.3 Å². The highest BCUT2D eigenvalue weighted by Gasteiger charge is 2.34. The van der Waals surface area contributed by atoms with E-state index >= 15 is 0 Å². The molecule has 1 amide bonds. The van der Waals surface area contributed by atoms with Crippen LogP contribution < -0.4 is 5.73 Å². The highest BCUT2D eigenvalue weighted by atomic mass is 32.2. The standard InChI is InChI=1S/C13H21N3O3S/c1-2-3-5-16(11-4-6-20(18,19)9-11)13(17)12-7-10(14)8-15-12/h7-8,11,15H,2-6,9,14H2,1H3. The summed E-state index contributed by atoms with van der Waals surface area (Å²) in [5.41, 5.74) is 6.54. The maximum Gasteiger partial charge on any atom is 0.270 e. The Morgan fingerprint density at radius 3 is 2.80 bits per heavy atom. The van der Waals surface area contributed by atoms with E-state index in [1.807, 2.05) is 6.92 Å². The number of rotatable bonds is 5. The van der Waals surface area contributed by atoms with Gasteiger partial charge in [-0.15, -0.1) is 0 Å². The molecule has 0 aromatic carbocycles. The molecule has 0 radical (unpaired) electrons. The highest BCUT2D eigenvalue weighted by Crippen LogP contribution is 2.21. The van der Waals surface area contributed by atoms with Crippen molar-refractivity contribution in [2.24, 2.45) is 0 Å². The van der Waals surface area contributed by atoms with E-state index in [-0.39, 0.29) is 23.5 Å². The lowest BCUT2D eigenvalue weighted by Gasteiger charge is -2.27. The minimum Gasteiger partial charge on any atom is -0.397 e. The zero-order valence-corrected chi connectivity index (χ0v) is 12.4. The van der Waals surface area contributed by atoms with Crippen molar-refractivity contribution in [2.45, 2.75) is 32.2 Å². The summed E-state index contributed by atoms with van der Waals surface area (Å²) in [7, 11) is -3.00. The van der Waals surface area contributed by atoms with Crippen LogP contribution >= 0.6 is 0 Å². The Morgan fingerprint density at radius 1 is 1.55 bits per heavy atom. The quantitative estimate of drug-likeness (QED) is 0.848. The molecule has 1 unspecified atom stereocenters. The summed E-state index contributed by atoms with van der Waals surface area (Å²) in [6.45, 7) is 2.62. The molecule has 0 bridgehead atoms. The first-order chi connectivity index (χ1) is 9.43. The third-order valence-electron chi connectivity index (χ3n) is 3.60. The molecule has 1 aromatic rings. The SMILES string of the molecule is CCCCN(C(=O)c1cc(N)c[nH]1)C1CCS(=O)(=O)C1. The fourth-order valence-corrected chi connectivity index (χ4v) is 4.22. The second kappa shape index (κ2) is 5.87. The van der Waals surface area contributed by atoms with Crippen molar-refractivity contribution < 1.29 is 13.2 Å². The second-order valence-electron chi connectivity index (χ2n) is 5.26. The molecule has 3 N–H and O–H groups in total. The van der Waals surface area contributed by atoms with E-state index in [4.69, 9.17) is 5.73 Å². The number of sulfone groups is 1. The van der Waals surface area contributed by atoms with Crippen molar-refractivity contribution in [3.8, 4) is 0 Å². The first kappa shape index (κ1) is 14.9. The van der Waals surface area contributed by atoms with Crippen molar-refractivity contribution in [3.63, 3.8) is 0 Å². The smallest absolute Gasteiger partial charge is 0.270 e. The molecule has 6 nitrogen and oxygen atoms in total. The molecule has 1 saturated heterocycles. The van der Waals surface area contributed by atoms with E-state index in [1.165, 1.54) is 0 Å². The van der Waals surface area contributed by atoms with Gasteiger partial charge in [0.1, 0.15) is 5.69 Å². The van der Waals surface area contributed by atoms with Gasteiger partial charge in [0.15, 0.2) is 9.84 Å². The van der Waals surface area contributed by atoms with E-state index in [0.717, 1.165) is 12.8 Å². The summed E-state index contributed by atoms with van der Waals surface area (Å²) in [6, 6.07) is 1.37. The van der Waals surface area contributed by atoms with Crippen LogP contribution in [0.4, 0.5) is 5.69 Å². The lowest BCUT2D eigenvalue weighted by atomic mass is 10.2. The van der Waals surface area contributed by atoms with Gasteiger partial charge in [-0.1, -0.05) is 13.3 Å². The largest absolute Gasteiger partial charge is 0.397 e. The number of nitrogens with zero attached hydrogens (tertiary/aromatic N) is 1. The lowest BCUT2D eigenvalue weighted by Crippen LogP contribution is -2.41. The van der Waals surface area contributed by atoms with E-state index in [1.54, 1.807) is 17.2 Å². The van der Waals surface area contributed by atoms with Gasteiger partial charge in [0.2, 0.25) is 0 Å². The average Bonchev–Trinajstić information content (AvgIpc) is 2.96. The molecule has 1 aromatic heterocycles. The van der Waals surface area contributed by atoms with Crippen LogP contribution in [-0.2, 0) is 9.84 Å². The molecule has 0 aliphatic carbocycles. The molecule has 2 rings (SSSR count). The molecule has 1 fully saturated rings. The van der Waals surface area contributed by atoms with Gasteiger partial charge >= 0.3 is 0 Å². The normalized spacial score (nSPS) is 20.9. The van der Waals surface area contributed by atoms with Gasteiger partial charge < -0.3 is 15.6 Å². The fourth-order valence-electron chi connectivity index (χ4n) is 2.49. The van der Waals surface area contributed by atoms with Gasteiger partial charge in [-0.25, -0.2) is 8.42 Å². The summed E-state index contributed by atoms with van der Waals surface area (Å²) < 4.78 is 23.2. The summed E-state index contributed by atoms with van der Waals surface area (Å²) in [4.78, 5) is 17.0. The Labute approximate surface area is 119 Å². The molecule has 1 aliphatic heterocycles. The minimum atomic E-state index is -3.00. The number of hydrogen-bond acceptors (Lipinski definition) is 4. The number of aromatic nitrogens is 1. The van der Waals surface area contributed by atoms with Gasteiger partial charge in [-0.05, 0) is 18.9 Å². The number of aromatic amines is 1. The van der Waals surface area contributed by atoms with Gasteiger partial charge in [-0.3, -0.25) is 4.79 Å². The van der Waals surface area contributed by atoms with Gasteiger partial charge in [0.25, 0.3) is 5.91 Å². The van der Waals surface area contributed by atoms with Crippen LogP contribution in [0.25, 0.3) is 0 Å². The van der Waals surface area contributed by atoms with E-state index in [9.17, 15) is 13.2 Å². The Hall–Kier alpha value is -1.50. The van der Waals surface area contributed by atoms with Crippen LogP contribution in [0.3, 0.4) is 0 Å². The van der Waals surface area contributed by atoms with Crippen molar-refractivity contribution in [1.29, 1.82) is 0 Å². The Kier molecular flexibility index (Phi) is 4.37. The van der Waals surface area contributed by atoms with Crippen molar-refractivity contribution in [3.05, 3.63) is 18.0 Å². The second-order valence-corrected chi connectivity index (χ2v) is 7.48. The maximum absolute atomic E-state index is 12.5. The minimum absolute atomic E-state index is 0.0681. The van der Waals surface area contributed by atoms with E-state index < -0.39 is 9.84 Å². The third kappa shape index (κ3) is 3.33. The number of carbonyl (C=O) groups excluding carboxylic acids is 1. The first-order valence-corrected chi connectivity index (χ1v) is 8.70. The zero-order chi connectivity index (χ0) is 14.8. The predicted octanol–water partition coefficient (Wildman–Crippen LogP) is 1.03. The van der Waals surface area contributed by atoms with Crippen LogP contribution in [0.2, 0.25) is 0 Å². The molecule has 20 heavy (non-hydrogen) atoms. The Balaban J connectivity index is 2.17. The Bertz CT molecular complexity index is 579. The number of amides is 1. The van der Waals surface area contributed by atoms with Crippen LogP contribution in [0, 0.1) is 0 Å². The first-order valence-electron chi connectivity index (χ1n) is 6.88. The summed E-state index contributed by atoms with van der Waals surface area (Å²) in [5.74, 6) is 0.0660. The number of unbranched alkanes of at least 4 members (excludes halogenated alkanes) is 1. The number of anilines is 1. The van der Waals surface area contributed by atoms with Crippen molar-refractivity contribution in [2.75, 3.05) is 23.8 Å². The van der Waals surface area contributed by atoms with Crippen LogP contribution in [0.5, 0.6) is 0 Å². The molecule has 1 atom stereocenters. The zero-order valence-electron chi connectivity index (χ0n) is 11.6. The van der Waals surface area contributed by atoms with Gasteiger partial charge in [0, 0.05) is 24.5 Å². The van der Waals surface area contributed by atoms with E-state index in [2.05, 4.69) is 4.98 Å². The van der Waals surface area contributed by atoms with Crippen LogP contribution in [0.1, 0.15) is 36.7 Å². The molecule has 112 valence electrons.